The highest BCUT2D eigenvalue weighted by Gasteiger charge is 2.69. The Balaban J connectivity index is 2.03. The maximum Gasteiger partial charge on any atom is 0.315 e. The SMILES string of the molecule is CC1(C(=O)OCc2c(F)cccc2Cl)CC1(Cl)Cl. The third-order valence-electron chi connectivity index (χ3n) is 3.12. The number of alkyl halides is 2. The van der Waals surface area contributed by atoms with Gasteiger partial charge in [0, 0.05) is 12.0 Å². The summed E-state index contributed by atoms with van der Waals surface area (Å²) in [6.45, 7) is 1.38. The summed E-state index contributed by atoms with van der Waals surface area (Å²) in [5.41, 5.74) is -0.778. The van der Waals surface area contributed by atoms with Crippen molar-refractivity contribution in [3.05, 3.63) is 34.6 Å². The number of ether oxygens (including phenoxy) is 1. The minimum Gasteiger partial charge on any atom is -0.460 e. The quantitative estimate of drug-likeness (QED) is 0.620. The highest BCUT2D eigenvalue weighted by Crippen LogP contribution is 2.64. The van der Waals surface area contributed by atoms with Crippen molar-refractivity contribution in [3.8, 4) is 0 Å². The molecule has 2 nitrogen and oxygen atoms in total. The predicted octanol–water partition coefficient (Wildman–Crippen LogP) is 4.11. The lowest BCUT2D eigenvalue weighted by Gasteiger charge is -2.12. The van der Waals surface area contributed by atoms with Gasteiger partial charge in [0.1, 0.15) is 22.2 Å². The number of hydrogen-bond donors (Lipinski definition) is 0. The number of carbonyl (C=O) groups is 1. The summed E-state index contributed by atoms with van der Waals surface area (Å²) in [5, 5.41) is 0.215. The van der Waals surface area contributed by atoms with Gasteiger partial charge >= 0.3 is 5.97 Å². The topological polar surface area (TPSA) is 26.3 Å². The number of halogens is 4. The second-order valence-electron chi connectivity index (χ2n) is 4.49. The lowest BCUT2D eigenvalue weighted by Crippen LogP contribution is -2.21. The van der Waals surface area contributed by atoms with Crippen LogP contribution in [0.5, 0.6) is 0 Å². The first-order valence-electron chi connectivity index (χ1n) is 5.26. The molecule has 1 saturated carbocycles. The van der Waals surface area contributed by atoms with E-state index in [4.69, 9.17) is 39.5 Å². The molecule has 0 spiro atoms. The van der Waals surface area contributed by atoms with Gasteiger partial charge in [-0.2, -0.15) is 0 Å². The summed E-state index contributed by atoms with van der Waals surface area (Å²) >= 11 is 17.5. The van der Waals surface area contributed by atoms with E-state index < -0.39 is 21.5 Å². The summed E-state index contributed by atoms with van der Waals surface area (Å²) in [5.74, 6) is -1.06. The zero-order chi connectivity index (χ0) is 13.6. The van der Waals surface area contributed by atoms with Crippen LogP contribution in [-0.4, -0.2) is 10.3 Å². The van der Waals surface area contributed by atoms with E-state index in [0.717, 1.165) is 0 Å². The zero-order valence-electron chi connectivity index (χ0n) is 9.47. The van der Waals surface area contributed by atoms with Crippen molar-refractivity contribution in [2.24, 2.45) is 5.41 Å². The molecule has 0 saturated heterocycles. The van der Waals surface area contributed by atoms with Crippen molar-refractivity contribution in [2.45, 2.75) is 24.3 Å². The summed E-state index contributed by atoms with van der Waals surface area (Å²) in [4.78, 5) is 11.8. The highest BCUT2D eigenvalue weighted by atomic mass is 35.5. The van der Waals surface area contributed by atoms with Crippen molar-refractivity contribution < 1.29 is 13.9 Å². The fourth-order valence-corrected chi connectivity index (χ4v) is 2.49. The Morgan fingerprint density at radius 3 is 2.61 bits per heavy atom. The van der Waals surface area contributed by atoms with Crippen molar-refractivity contribution in [1.82, 2.24) is 0 Å². The van der Waals surface area contributed by atoms with E-state index in [1.807, 2.05) is 0 Å². The van der Waals surface area contributed by atoms with E-state index in [0.29, 0.717) is 6.42 Å². The molecule has 0 aromatic heterocycles. The fourth-order valence-electron chi connectivity index (χ4n) is 1.59. The van der Waals surface area contributed by atoms with E-state index in [1.165, 1.54) is 18.2 Å². The van der Waals surface area contributed by atoms with E-state index in [1.54, 1.807) is 6.92 Å². The third kappa shape index (κ3) is 2.31. The molecule has 1 fully saturated rings. The molecule has 1 aromatic rings. The predicted molar refractivity (Wildman–Crippen MR) is 68.4 cm³/mol. The minimum atomic E-state index is -1.09. The molecule has 1 aromatic carbocycles. The standard InChI is InChI=1S/C12H10Cl3FO2/c1-11(6-12(11,14)15)10(17)18-5-7-8(13)3-2-4-9(7)16/h2-4H,5-6H2,1H3. The van der Waals surface area contributed by atoms with Crippen molar-refractivity contribution in [2.75, 3.05) is 0 Å². The van der Waals surface area contributed by atoms with Gasteiger partial charge in [-0.25, -0.2) is 4.39 Å². The Hall–Kier alpha value is -0.510. The molecule has 0 heterocycles. The van der Waals surface area contributed by atoms with Crippen LogP contribution in [0.1, 0.15) is 18.9 Å². The van der Waals surface area contributed by atoms with Gasteiger partial charge in [0.2, 0.25) is 0 Å². The smallest absolute Gasteiger partial charge is 0.315 e. The first-order valence-corrected chi connectivity index (χ1v) is 6.39. The van der Waals surface area contributed by atoms with Crippen LogP contribution in [0.3, 0.4) is 0 Å². The Labute approximate surface area is 119 Å². The monoisotopic (exact) mass is 310 g/mol. The summed E-state index contributed by atoms with van der Waals surface area (Å²) in [7, 11) is 0. The summed E-state index contributed by atoms with van der Waals surface area (Å²) in [6, 6.07) is 4.26. The highest BCUT2D eigenvalue weighted by molar-refractivity contribution is 6.53. The van der Waals surface area contributed by atoms with Crippen LogP contribution in [-0.2, 0) is 16.1 Å². The molecule has 0 aliphatic heterocycles. The zero-order valence-corrected chi connectivity index (χ0v) is 11.7. The van der Waals surface area contributed by atoms with Crippen molar-refractivity contribution in [1.29, 1.82) is 0 Å². The minimum absolute atomic E-state index is 0.145. The van der Waals surface area contributed by atoms with Crippen molar-refractivity contribution >= 4 is 40.8 Å². The third-order valence-corrected chi connectivity index (χ3v) is 4.57. The van der Waals surface area contributed by atoms with Crippen molar-refractivity contribution in [3.63, 3.8) is 0 Å². The molecule has 98 valence electrons. The molecule has 1 aliphatic carbocycles. The van der Waals surface area contributed by atoms with Gasteiger partial charge in [0.15, 0.2) is 0 Å². The molecule has 0 N–H and O–H groups in total. The second-order valence-corrected chi connectivity index (χ2v) is 6.38. The van der Waals surface area contributed by atoms with Gasteiger partial charge < -0.3 is 4.74 Å². The van der Waals surface area contributed by atoms with Crippen LogP contribution in [0.25, 0.3) is 0 Å². The number of carbonyl (C=O) groups excluding carboxylic acids is 1. The van der Waals surface area contributed by atoms with Crippen LogP contribution in [0.15, 0.2) is 18.2 Å². The van der Waals surface area contributed by atoms with Crippen LogP contribution in [0, 0.1) is 11.2 Å². The van der Waals surface area contributed by atoms with E-state index >= 15 is 0 Å². The second kappa shape index (κ2) is 4.55. The van der Waals surface area contributed by atoms with Gasteiger partial charge in [-0.15, -0.1) is 23.2 Å². The van der Waals surface area contributed by atoms with Crippen LogP contribution in [0.2, 0.25) is 5.02 Å². The lowest BCUT2D eigenvalue weighted by atomic mass is 10.1. The molecular formula is C12H10Cl3FO2. The molecule has 1 aliphatic rings. The average molecular weight is 312 g/mol. The first kappa shape index (κ1) is 13.9. The van der Waals surface area contributed by atoms with Crippen LogP contribution >= 0.6 is 34.8 Å². The number of hydrogen-bond acceptors (Lipinski definition) is 2. The number of esters is 1. The molecule has 1 unspecified atom stereocenters. The van der Waals surface area contributed by atoms with Gasteiger partial charge in [-0.05, 0) is 19.1 Å². The van der Waals surface area contributed by atoms with Crippen LogP contribution < -0.4 is 0 Å². The molecular weight excluding hydrogens is 301 g/mol. The molecule has 2 rings (SSSR count). The lowest BCUT2D eigenvalue weighted by molar-refractivity contribution is -0.151. The largest absolute Gasteiger partial charge is 0.460 e. The molecule has 18 heavy (non-hydrogen) atoms. The maximum absolute atomic E-state index is 13.4. The fraction of sp³-hybridized carbons (Fsp3) is 0.417. The Morgan fingerprint density at radius 2 is 2.11 bits per heavy atom. The maximum atomic E-state index is 13.4. The number of benzene rings is 1. The Morgan fingerprint density at radius 1 is 1.50 bits per heavy atom. The van der Waals surface area contributed by atoms with Gasteiger partial charge in [-0.1, -0.05) is 17.7 Å². The van der Waals surface area contributed by atoms with Gasteiger partial charge in [0.25, 0.3) is 0 Å². The van der Waals surface area contributed by atoms with E-state index in [9.17, 15) is 9.18 Å². The average Bonchev–Trinajstić information content (AvgIpc) is 2.78. The first-order chi connectivity index (χ1) is 8.28. The van der Waals surface area contributed by atoms with E-state index in [-0.39, 0.29) is 17.2 Å². The van der Waals surface area contributed by atoms with E-state index in [2.05, 4.69) is 0 Å². The Kier molecular flexibility index (Phi) is 3.52. The molecule has 0 radical (unpaired) electrons. The molecule has 6 heteroatoms. The summed E-state index contributed by atoms with van der Waals surface area (Å²) in [6.07, 6.45) is 0.326. The van der Waals surface area contributed by atoms with Crippen LogP contribution in [0.4, 0.5) is 4.39 Å². The van der Waals surface area contributed by atoms with Gasteiger partial charge in [-0.3, -0.25) is 4.79 Å². The Bertz CT molecular complexity index is 484. The normalized spacial score (nSPS) is 24.7. The summed E-state index contributed by atoms with van der Waals surface area (Å²) < 4.78 is 17.4. The molecule has 0 bridgehead atoms. The van der Waals surface area contributed by atoms with Gasteiger partial charge in [0.05, 0.1) is 5.02 Å². The number of rotatable bonds is 3. The molecule has 0 amide bonds. The molecule has 1 atom stereocenters.